The molecule has 6 heteroatoms. The van der Waals surface area contributed by atoms with E-state index in [0.29, 0.717) is 19.3 Å². The van der Waals surface area contributed by atoms with Gasteiger partial charge in [0, 0.05) is 19.3 Å². The smallest absolute Gasteiger partial charge is 0.306 e. The molecule has 0 aromatic carbocycles. The molecular weight excluding hydrogens is 1020 g/mol. The summed E-state index contributed by atoms with van der Waals surface area (Å²) in [6.07, 6.45) is 94.9. The molecule has 0 aliphatic rings. The molecule has 0 aliphatic carbocycles. The van der Waals surface area contributed by atoms with Crippen LogP contribution in [0.4, 0.5) is 0 Å². The summed E-state index contributed by atoms with van der Waals surface area (Å²) in [7, 11) is 0. The zero-order chi connectivity index (χ0) is 59.9. The van der Waals surface area contributed by atoms with Crippen LogP contribution in [0.2, 0.25) is 0 Å². The van der Waals surface area contributed by atoms with E-state index in [2.05, 4.69) is 106 Å². The summed E-state index contributed by atoms with van der Waals surface area (Å²) in [5.74, 6) is -0.897. The first-order valence-electron chi connectivity index (χ1n) is 36.1. The summed E-state index contributed by atoms with van der Waals surface area (Å²) in [4.78, 5) is 38.4. The second kappa shape index (κ2) is 71.1. The Hall–Kier alpha value is -3.41. The lowest BCUT2D eigenvalue weighted by Gasteiger charge is -2.18. The Morgan fingerprint density at radius 2 is 0.494 bits per heavy atom. The van der Waals surface area contributed by atoms with Crippen molar-refractivity contribution < 1.29 is 28.6 Å². The molecule has 0 N–H and O–H groups in total. The van der Waals surface area contributed by atoms with Crippen molar-refractivity contribution in [2.45, 2.75) is 374 Å². The number of ether oxygens (including phenoxy) is 3. The van der Waals surface area contributed by atoms with E-state index in [9.17, 15) is 14.4 Å². The second-order valence-corrected chi connectivity index (χ2v) is 24.1. The first-order valence-corrected chi connectivity index (χ1v) is 36.1. The van der Waals surface area contributed by atoms with Gasteiger partial charge in [-0.3, -0.25) is 14.4 Å². The monoisotopic (exact) mass is 1160 g/mol. The molecule has 0 rings (SSSR count). The predicted molar refractivity (Wildman–Crippen MR) is 362 cm³/mol. The maximum atomic E-state index is 12.9. The Balaban J connectivity index is 4.16. The zero-order valence-corrected chi connectivity index (χ0v) is 55.2. The molecule has 0 fully saturated rings. The van der Waals surface area contributed by atoms with E-state index in [1.54, 1.807) is 0 Å². The van der Waals surface area contributed by atoms with Crippen molar-refractivity contribution in [1.82, 2.24) is 0 Å². The van der Waals surface area contributed by atoms with Gasteiger partial charge in [0.05, 0.1) is 0 Å². The molecule has 0 aliphatic heterocycles. The van der Waals surface area contributed by atoms with Crippen LogP contribution in [0.3, 0.4) is 0 Å². The number of unbranched alkanes of at least 4 members (excludes halogenated alkanes) is 41. The van der Waals surface area contributed by atoms with Crippen molar-refractivity contribution in [1.29, 1.82) is 0 Å². The Kier molecular flexibility index (Phi) is 68.2. The van der Waals surface area contributed by atoms with E-state index in [4.69, 9.17) is 14.2 Å². The fraction of sp³-hybridized carbons (Fsp3) is 0.779. The highest BCUT2D eigenvalue weighted by Gasteiger charge is 2.19. The molecule has 0 aromatic rings. The maximum Gasteiger partial charge on any atom is 0.306 e. The van der Waals surface area contributed by atoms with Gasteiger partial charge in [-0.15, -0.1) is 0 Å². The first-order chi connectivity index (χ1) is 41.0. The Labute approximate surface area is 515 Å². The third-order valence-corrected chi connectivity index (χ3v) is 15.8. The van der Waals surface area contributed by atoms with Crippen molar-refractivity contribution >= 4 is 17.9 Å². The van der Waals surface area contributed by atoms with Crippen molar-refractivity contribution in [3.63, 3.8) is 0 Å². The molecule has 83 heavy (non-hydrogen) atoms. The van der Waals surface area contributed by atoms with Gasteiger partial charge in [0.2, 0.25) is 0 Å². The molecule has 0 heterocycles. The van der Waals surface area contributed by atoms with E-state index in [-0.39, 0.29) is 31.1 Å². The number of allylic oxidation sites excluding steroid dienone is 14. The van der Waals surface area contributed by atoms with Gasteiger partial charge in [0.15, 0.2) is 6.10 Å². The largest absolute Gasteiger partial charge is 0.462 e. The van der Waals surface area contributed by atoms with Crippen LogP contribution in [-0.2, 0) is 28.6 Å². The summed E-state index contributed by atoms with van der Waals surface area (Å²) >= 11 is 0. The van der Waals surface area contributed by atoms with Crippen LogP contribution in [-0.4, -0.2) is 37.2 Å². The molecule has 1 unspecified atom stereocenters. The lowest BCUT2D eigenvalue weighted by molar-refractivity contribution is -0.167. The topological polar surface area (TPSA) is 78.9 Å². The SMILES string of the molecule is CC/C=C\C/C=C\C/C=C\C/C=C\CCCCCCCCC(=O)OC(COC(=O)CCCCCCC/C=C\C/C=C\CCC)COC(=O)CCCCCCCCCCCCCCCCCCCCCCC/C=C\CCCCCCCCCC. The van der Waals surface area contributed by atoms with Crippen molar-refractivity contribution in [2.75, 3.05) is 13.2 Å². The number of carbonyl (C=O) groups excluding carboxylic acids is 3. The van der Waals surface area contributed by atoms with Crippen LogP contribution >= 0.6 is 0 Å². The number of hydrogen-bond donors (Lipinski definition) is 0. The Morgan fingerprint density at radius 3 is 0.795 bits per heavy atom. The number of esters is 3. The zero-order valence-electron chi connectivity index (χ0n) is 55.2. The molecular formula is C77H136O6. The average molecular weight is 1160 g/mol. The average Bonchev–Trinajstić information content (AvgIpc) is 3.49. The minimum absolute atomic E-state index is 0.0844. The van der Waals surface area contributed by atoms with Gasteiger partial charge >= 0.3 is 17.9 Å². The van der Waals surface area contributed by atoms with E-state index >= 15 is 0 Å². The summed E-state index contributed by atoms with van der Waals surface area (Å²) in [5, 5.41) is 0. The van der Waals surface area contributed by atoms with Crippen molar-refractivity contribution in [2.24, 2.45) is 0 Å². The molecule has 1 atom stereocenters. The number of rotatable bonds is 66. The molecule has 0 radical (unpaired) electrons. The summed E-state index contributed by atoms with van der Waals surface area (Å²) < 4.78 is 16.9. The lowest BCUT2D eigenvalue weighted by Crippen LogP contribution is -2.30. The van der Waals surface area contributed by atoms with Crippen LogP contribution in [0, 0.1) is 0 Å². The molecule has 480 valence electrons. The summed E-state index contributed by atoms with van der Waals surface area (Å²) in [5.41, 5.74) is 0. The Morgan fingerprint density at radius 1 is 0.253 bits per heavy atom. The van der Waals surface area contributed by atoms with E-state index < -0.39 is 6.10 Å². The molecule has 0 saturated carbocycles. The van der Waals surface area contributed by atoms with Gasteiger partial charge in [0.1, 0.15) is 13.2 Å². The van der Waals surface area contributed by atoms with Gasteiger partial charge in [-0.2, -0.15) is 0 Å². The third-order valence-electron chi connectivity index (χ3n) is 15.8. The van der Waals surface area contributed by atoms with Crippen LogP contribution in [0.5, 0.6) is 0 Å². The highest BCUT2D eigenvalue weighted by atomic mass is 16.6. The minimum Gasteiger partial charge on any atom is -0.462 e. The maximum absolute atomic E-state index is 12.9. The highest BCUT2D eigenvalue weighted by Crippen LogP contribution is 2.18. The second-order valence-electron chi connectivity index (χ2n) is 24.1. The van der Waals surface area contributed by atoms with Crippen LogP contribution < -0.4 is 0 Å². The summed E-state index contributed by atoms with van der Waals surface area (Å²) in [6.45, 7) is 6.48. The normalized spacial score (nSPS) is 12.6. The van der Waals surface area contributed by atoms with Crippen LogP contribution in [0.25, 0.3) is 0 Å². The fourth-order valence-corrected chi connectivity index (χ4v) is 10.5. The van der Waals surface area contributed by atoms with Gasteiger partial charge in [-0.1, -0.05) is 324 Å². The number of carbonyl (C=O) groups is 3. The van der Waals surface area contributed by atoms with Crippen LogP contribution in [0.1, 0.15) is 367 Å². The fourth-order valence-electron chi connectivity index (χ4n) is 10.5. The van der Waals surface area contributed by atoms with E-state index in [1.807, 2.05) is 0 Å². The highest BCUT2D eigenvalue weighted by molar-refractivity contribution is 5.71. The quantitative estimate of drug-likeness (QED) is 0.0261. The Bertz CT molecular complexity index is 1570. The standard InChI is InChI=1S/C77H136O6/c1-4-7-10-13-16-19-22-25-27-29-31-32-33-34-35-36-37-38-39-40-41-42-43-44-46-47-49-52-55-58-61-64-67-70-76(79)82-73-74(72-81-75(78)69-66-63-60-57-54-51-24-21-18-15-12-9-6-3)83-77(80)71-68-65-62-59-56-53-50-48-45-30-28-26-23-20-17-14-11-8-5-2/h8,11-12,15,17,20-21,24,26,28-29,31,45,48,74H,4-7,9-10,13-14,16,18-19,22-23,25,27,30,32-44,46-47,49-73H2,1-3H3/b11-8-,15-12-,20-17-,24-21-,28-26-,31-29-,48-45-. The molecule has 0 spiro atoms. The molecule has 0 amide bonds. The minimum atomic E-state index is -0.791. The van der Waals surface area contributed by atoms with E-state index in [0.717, 1.165) is 128 Å². The van der Waals surface area contributed by atoms with Crippen LogP contribution in [0.15, 0.2) is 85.1 Å². The predicted octanol–water partition coefficient (Wildman–Crippen LogP) is 25.0. The third kappa shape index (κ3) is 69.3. The first kappa shape index (κ1) is 79.6. The lowest BCUT2D eigenvalue weighted by atomic mass is 10.0. The molecule has 6 nitrogen and oxygen atoms in total. The van der Waals surface area contributed by atoms with Crippen molar-refractivity contribution in [3.05, 3.63) is 85.1 Å². The molecule has 0 aromatic heterocycles. The van der Waals surface area contributed by atoms with Gasteiger partial charge in [0.25, 0.3) is 0 Å². The molecule has 0 saturated heterocycles. The van der Waals surface area contributed by atoms with Gasteiger partial charge in [-0.25, -0.2) is 0 Å². The summed E-state index contributed by atoms with van der Waals surface area (Å²) in [6, 6.07) is 0. The molecule has 0 bridgehead atoms. The van der Waals surface area contributed by atoms with Crippen molar-refractivity contribution in [3.8, 4) is 0 Å². The number of hydrogen-bond acceptors (Lipinski definition) is 6. The van der Waals surface area contributed by atoms with E-state index in [1.165, 1.54) is 199 Å². The van der Waals surface area contributed by atoms with Gasteiger partial charge in [-0.05, 0) is 109 Å². The van der Waals surface area contributed by atoms with Gasteiger partial charge < -0.3 is 14.2 Å².